The number of hydrogen-bond donors (Lipinski definition) is 5. The van der Waals surface area contributed by atoms with Crippen molar-refractivity contribution in [3.8, 4) is 17.2 Å². The van der Waals surface area contributed by atoms with Crippen molar-refractivity contribution in [3.63, 3.8) is 0 Å². The van der Waals surface area contributed by atoms with Gasteiger partial charge < -0.3 is 30.4 Å². The van der Waals surface area contributed by atoms with Crippen molar-refractivity contribution in [1.82, 2.24) is 4.90 Å². The third-order valence-corrected chi connectivity index (χ3v) is 26.1. The molecule has 4 saturated carbocycles. The summed E-state index contributed by atoms with van der Waals surface area (Å²) in [6.45, 7) is 51.2. The fourth-order valence-corrected chi connectivity index (χ4v) is 17.9. The molecule has 5 N–H and O–H groups in total. The van der Waals surface area contributed by atoms with Crippen LogP contribution >= 0.6 is 0 Å². The third-order valence-electron chi connectivity index (χ3n) is 26.1. The van der Waals surface area contributed by atoms with Crippen molar-refractivity contribution >= 4 is 36.5 Å². The number of benzene rings is 6. The Morgan fingerprint density at radius 2 is 0.897 bits per heavy atom. The van der Waals surface area contributed by atoms with Crippen LogP contribution in [0.1, 0.15) is 255 Å². The summed E-state index contributed by atoms with van der Waals surface area (Å²) < 4.78 is 0. The average molecular weight is 1620 g/mol. The molecule has 7 aliphatic rings. The molecule has 16 heteroatoms. The highest BCUT2D eigenvalue weighted by Crippen LogP contribution is 2.59. The molecule has 3 aliphatic heterocycles. The molecule has 646 valence electrons. The second kappa shape index (κ2) is 55.8. The number of piperidine rings is 3. The summed E-state index contributed by atoms with van der Waals surface area (Å²) in [7, 11) is 0. The quantitative estimate of drug-likeness (QED) is 0.0444. The monoisotopic (exact) mass is 1610 g/mol. The zero-order valence-corrected chi connectivity index (χ0v) is 74.8. The van der Waals surface area contributed by atoms with E-state index in [4.69, 9.17) is 48.6 Å². The Labute approximate surface area is 703 Å². The van der Waals surface area contributed by atoms with E-state index in [1.165, 1.54) is 80.9 Å². The number of aliphatic carboxylic acids is 2. The maximum atomic E-state index is 12.1. The van der Waals surface area contributed by atoms with E-state index < -0.39 is 17.4 Å². The topological polar surface area (TPSA) is 275 Å². The van der Waals surface area contributed by atoms with E-state index in [0.29, 0.717) is 52.6 Å². The van der Waals surface area contributed by atoms with E-state index in [0.717, 1.165) is 102 Å². The summed E-state index contributed by atoms with van der Waals surface area (Å²) >= 11 is 0. The molecule has 6 bridgehead atoms. The number of carbonyl (C=O) groups is 2. The van der Waals surface area contributed by atoms with Crippen LogP contribution in [0.15, 0.2) is 164 Å². The Morgan fingerprint density at radius 3 is 1.20 bits per heavy atom. The SMILES string of the molecule is CC(C)C(C(=O)O)(c1ccccc1)c1ccccc1.CC(C)C(C)(C)Cc1ccccc1.CC(C)C(C)Cc1ccc(O)c(O)c1.CC(C)C(C)Cc1ccc(O)cc1.CC(C)C1(C(=O)O)CC2CCC1C2.CC(C)C1CC2CCC1C2.CC(C)C1CN2CCC1CC2.CCC(c1ccccc1)C(C)C.O=C=O.O=C=O.O=C=O.O=C=O. The van der Waals surface area contributed by atoms with Crippen molar-refractivity contribution < 1.29 is 73.5 Å². The van der Waals surface area contributed by atoms with Crippen LogP contribution in [0.25, 0.3) is 0 Å². The van der Waals surface area contributed by atoms with E-state index >= 15 is 0 Å². The van der Waals surface area contributed by atoms with Gasteiger partial charge in [-0.2, -0.15) is 38.4 Å². The predicted octanol–water partition coefficient (Wildman–Crippen LogP) is 22.9. The fraction of sp³-hybridized carbons (Fsp3) is 0.584. The molecule has 0 aromatic heterocycles. The van der Waals surface area contributed by atoms with Gasteiger partial charge in [0.2, 0.25) is 0 Å². The maximum Gasteiger partial charge on any atom is 0.373 e. The second-order valence-corrected chi connectivity index (χ2v) is 36.4. The molecule has 16 nitrogen and oxygen atoms in total. The molecular weight excluding hydrogens is 1470 g/mol. The van der Waals surface area contributed by atoms with Crippen LogP contribution in [-0.4, -0.2) is 86.6 Å². The number of carboxylic acid groups (broad SMARTS) is 2. The molecule has 117 heavy (non-hydrogen) atoms. The molecule has 7 fully saturated rings. The van der Waals surface area contributed by atoms with Gasteiger partial charge in [0, 0.05) is 6.54 Å². The van der Waals surface area contributed by atoms with Crippen LogP contribution in [0, 0.1) is 111 Å². The average Bonchev–Trinajstić information content (AvgIpc) is 1.67. The molecular formula is C101H147NO15. The number of phenolic OH excluding ortho intramolecular Hbond substituents is 3. The number of aromatic hydroxyl groups is 3. The summed E-state index contributed by atoms with van der Waals surface area (Å²) in [5.74, 6) is 12.5. The number of hydrogen-bond acceptors (Lipinski definition) is 14. The summed E-state index contributed by atoms with van der Waals surface area (Å²) in [4.78, 5) is 91.1. The lowest BCUT2D eigenvalue weighted by molar-refractivity contribution is -0.193. The summed E-state index contributed by atoms with van der Waals surface area (Å²) in [6, 6.07) is 53.0. The highest BCUT2D eigenvalue weighted by molar-refractivity contribution is 5.86. The second-order valence-electron chi connectivity index (χ2n) is 36.4. The third kappa shape index (κ3) is 35.7. The molecule has 4 aliphatic carbocycles. The molecule has 6 aromatic carbocycles. The minimum Gasteiger partial charge on any atom is -0.508 e. The lowest BCUT2D eigenvalue weighted by atomic mass is 9.66. The van der Waals surface area contributed by atoms with Gasteiger partial charge in [-0.05, 0) is 260 Å². The minimum atomic E-state index is -0.998. The van der Waals surface area contributed by atoms with Gasteiger partial charge in [0.1, 0.15) is 11.2 Å². The lowest BCUT2D eigenvalue weighted by Gasteiger charge is -2.46. The molecule has 10 unspecified atom stereocenters. The van der Waals surface area contributed by atoms with Gasteiger partial charge in [0.05, 0.1) is 5.41 Å². The van der Waals surface area contributed by atoms with Crippen molar-refractivity contribution in [2.24, 2.45) is 111 Å². The highest BCUT2D eigenvalue weighted by Gasteiger charge is 2.57. The number of phenols is 3. The van der Waals surface area contributed by atoms with Crippen LogP contribution in [0.3, 0.4) is 0 Å². The van der Waals surface area contributed by atoms with Gasteiger partial charge >= 0.3 is 36.5 Å². The minimum absolute atomic E-state index is 0.0292. The van der Waals surface area contributed by atoms with E-state index in [1.54, 1.807) is 43.9 Å². The Morgan fingerprint density at radius 1 is 0.462 bits per heavy atom. The fourth-order valence-electron chi connectivity index (χ4n) is 17.9. The predicted molar refractivity (Wildman–Crippen MR) is 464 cm³/mol. The Balaban J connectivity index is 0.000000658. The summed E-state index contributed by atoms with van der Waals surface area (Å²) in [5.41, 5.74) is 5.98. The Hall–Kier alpha value is -8.86. The van der Waals surface area contributed by atoms with Crippen LogP contribution in [-0.2, 0) is 72.6 Å². The number of fused-ring (bicyclic) bond motifs is 7. The van der Waals surface area contributed by atoms with Crippen molar-refractivity contribution in [3.05, 3.63) is 197 Å². The van der Waals surface area contributed by atoms with Crippen molar-refractivity contribution in [2.45, 2.75) is 247 Å². The smallest absolute Gasteiger partial charge is 0.373 e. The molecule has 0 radical (unpaired) electrons. The number of carbonyl (C=O) groups excluding carboxylic acids is 8. The Kier molecular flexibility index (Phi) is 50.6. The zero-order chi connectivity index (χ0) is 88.8. The molecule has 13 rings (SSSR count). The molecule has 3 heterocycles. The van der Waals surface area contributed by atoms with Gasteiger partial charge in [-0.1, -0.05) is 298 Å². The number of rotatable bonds is 20. The van der Waals surface area contributed by atoms with Gasteiger partial charge in [-0.25, -0.2) is 0 Å². The van der Waals surface area contributed by atoms with Crippen LogP contribution in [0.5, 0.6) is 17.2 Å². The van der Waals surface area contributed by atoms with Crippen molar-refractivity contribution in [1.29, 1.82) is 0 Å². The van der Waals surface area contributed by atoms with Gasteiger partial charge in [0.25, 0.3) is 0 Å². The first-order valence-electron chi connectivity index (χ1n) is 42.9. The zero-order valence-electron chi connectivity index (χ0n) is 74.8. The van der Waals surface area contributed by atoms with E-state index in [2.05, 4.69) is 197 Å². The summed E-state index contributed by atoms with van der Waals surface area (Å²) in [5, 5.41) is 46.8. The van der Waals surface area contributed by atoms with Crippen molar-refractivity contribution in [2.75, 3.05) is 19.6 Å². The highest BCUT2D eigenvalue weighted by atomic mass is 16.4. The first-order chi connectivity index (χ1) is 55.2. The van der Waals surface area contributed by atoms with Gasteiger partial charge in [-0.3, -0.25) is 9.59 Å². The maximum absolute atomic E-state index is 12.1. The van der Waals surface area contributed by atoms with E-state index in [-0.39, 0.29) is 47.4 Å². The van der Waals surface area contributed by atoms with E-state index in [1.807, 2.05) is 92.7 Å². The normalized spacial score (nSPS) is 20.6. The molecule has 6 aromatic rings. The molecule has 10 atom stereocenters. The van der Waals surface area contributed by atoms with Gasteiger partial charge in [0.15, 0.2) is 11.5 Å². The molecule has 0 amide bonds. The molecule has 3 saturated heterocycles. The van der Waals surface area contributed by atoms with Gasteiger partial charge in [-0.15, -0.1) is 0 Å². The summed E-state index contributed by atoms with van der Waals surface area (Å²) in [6.07, 6.45) is 19.1. The van der Waals surface area contributed by atoms with Crippen LogP contribution < -0.4 is 0 Å². The number of nitrogens with zero attached hydrogens (tertiary/aromatic N) is 1. The largest absolute Gasteiger partial charge is 0.508 e. The first kappa shape index (κ1) is 106. The van der Waals surface area contributed by atoms with E-state index in [9.17, 15) is 24.9 Å². The lowest BCUT2D eigenvalue weighted by Crippen LogP contribution is -2.48. The Bertz CT molecular complexity index is 3720. The van der Waals surface area contributed by atoms with Crippen LogP contribution in [0.2, 0.25) is 0 Å². The first-order valence-corrected chi connectivity index (χ1v) is 42.9. The standard InChI is InChI=1S/C17H18O2.C13H20.C12H18O2.C12H18O.C12H18.C11H18O2.C10H19N.C10H18.4CO2/c1-13(2)17(16(18)19,14-9-5-3-6-10-14)15-11-7-4-8-12-15;1-11(2)13(3,4)10-12-8-6-5-7-9-12;1-8(2)9(3)6-10-4-5-11(13)12(14)7-10;1-9(2)10(3)8-11-4-6-12(13)7-5-11;1-4-12(10(2)3)11-8-6-5-7-9-11;1-7(2)11(10(12)13)6-8-3-4-9(11)5-8;1-8(2)10-7-11-5-3-9(10)4-6-11;1-7(2)10-6-8-3-4-9(10)5-8;4*2-1-3/h3-13H,1-2H3,(H,18,19);5-9,11H,10H2,1-4H3;4-5,7-9,13-14H,6H2,1-3H3;4-7,9-10,13H,8H2,1-3H3;5-10,12H,4H2,1-3H3;7-9H,3-6H2,1-2H3,(H,12,13);8-10H,3-7H2,1-2H3;7-10H,3-6H2,1-2H3;;;;. The van der Waals surface area contributed by atoms with Crippen LogP contribution in [0.4, 0.5) is 0 Å². The number of carboxylic acids is 2. The molecule has 0 spiro atoms.